The SMILES string of the molecule is CN[C@@H]1C[C@H]1c1cccc2c1OCCO2. The van der Waals surface area contributed by atoms with Crippen LogP contribution >= 0.6 is 0 Å². The fraction of sp³-hybridized carbons (Fsp3) is 0.500. The Balaban J connectivity index is 1.94. The first-order chi connectivity index (χ1) is 7.40. The second-order valence-electron chi connectivity index (χ2n) is 4.11. The summed E-state index contributed by atoms with van der Waals surface area (Å²) in [5.41, 5.74) is 1.30. The molecule has 1 aliphatic heterocycles. The first kappa shape index (κ1) is 9.04. The highest BCUT2D eigenvalue weighted by atomic mass is 16.6. The van der Waals surface area contributed by atoms with Crippen molar-refractivity contribution in [3.05, 3.63) is 23.8 Å². The summed E-state index contributed by atoms with van der Waals surface area (Å²) < 4.78 is 11.3. The Kier molecular flexibility index (Phi) is 2.06. The number of hydrogen-bond donors (Lipinski definition) is 1. The molecule has 80 valence electrons. The summed E-state index contributed by atoms with van der Waals surface area (Å²) in [5, 5.41) is 3.30. The van der Waals surface area contributed by atoms with E-state index in [0.717, 1.165) is 11.5 Å². The maximum Gasteiger partial charge on any atom is 0.164 e. The molecule has 3 nitrogen and oxygen atoms in total. The molecule has 0 saturated heterocycles. The zero-order chi connectivity index (χ0) is 10.3. The quantitative estimate of drug-likeness (QED) is 0.794. The van der Waals surface area contributed by atoms with Gasteiger partial charge in [0, 0.05) is 17.5 Å². The maximum atomic E-state index is 5.70. The van der Waals surface area contributed by atoms with E-state index in [0.29, 0.717) is 25.2 Å². The van der Waals surface area contributed by atoms with Gasteiger partial charge in [-0.25, -0.2) is 0 Å². The van der Waals surface area contributed by atoms with Crippen molar-refractivity contribution in [1.29, 1.82) is 0 Å². The van der Waals surface area contributed by atoms with Crippen LogP contribution in [0.3, 0.4) is 0 Å². The van der Waals surface area contributed by atoms with Gasteiger partial charge in [0.15, 0.2) is 11.5 Å². The van der Waals surface area contributed by atoms with Crippen LogP contribution in [0.1, 0.15) is 17.9 Å². The van der Waals surface area contributed by atoms with Crippen molar-refractivity contribution < 1.29 is 9.47 Å². The van der Waals surface area contributed by atoms with Crippen LogP contribution in [-0.4, -0.2) is 26.3 Å². The molecule has 2 atom stereocenters. The van der Waals surface area contributed by atoms with E-state index in [1.165, 1.54) is 12.0 Å². The molecular formula is C12H15NO2. The minimum atomic E-state index is 0.603. The van der Waals surface area contributed by atoms with Crippen LogP contribution in [0.2, 0.25) is 0 Å². The molecule has 1 aliphatic carbocycles. The molecular weight excluding hydrogens is 190 g/mol. The highest BCUT2D eigenvalue weighted by Crippen LogP contribution is 2.48. The molecule has 15 heavy (non-hydrogen) atoms. The van der Waals surface area contributed by atoms with Gasteiger partial charge in [-0.1, -0.05) is 12.1 Å². The van der Waals surface area contributed by atoms with Crippen LogP contribution in [0.25, 0.3) is 0 Å². The zero-order valence-electron chi connectivity index (χ0n) is 8.82. The van der Waals surface area contributed by atoms with Crippen LogP contribution in [0.15, 0.2) is 18.2 Å². The van der Waals surface area contributed by atoms with Crippen molar-refractivity contribution in [2.45, 2.75) is 18.4 Å². The molecule has 1 aromatic rings. The molecule has 0 spiro atoms. The average Bonchev–Trinajstić information content (AvgIpc) is 3.07. The van der Waals surface area contributed by atoms with Crippen molar-refractivity contribution in [2.75, 3.05) is 20.3 Å². The van der Waals surface area contributed by atoms with E-state index in [1.54, 1.807) is 0 Å². The summed E-state index contributed by atoms with van der Waals surface area (Å²) in [5.74, 6) is 2.47. The van der Waals surface area contributed by atoms with Gasteiger partial charge < -0.3 is 14.8 Å². The number of rotatable bonds is 2. The molecule has 0 aromatic heterocycles. The number of benzene rings is 1. The topological polar surface area (TPSA) is 30.5 Å². The van der Waals surface area contributed by atoms with Crippen molar-refractivity contribution in [2.24, 2.45) is 0 Å². The molecule has 3 heteroatoms. The van der Waals surface area contributed by atoms with Gasteiger partial charge in [0.25, 0.3) is 0 Å². The third-order valence-corrected chi connectivity index (χ3v) is 3.16. The smallest absolute Gasteiger partial charge is 0.164 e. The molecule has 1 N–H and O–H groups in total. The third-order valence-electron chi connectivity index (χ3n) is 3.16. The predicted octanol–water partition coefficient (Wildman–Crippen LogP) is 1.53. The normalized spacial score (nSPS) is 27.5. The van der Waals surface area contributed by atoms with Gasteiger partial charge in [-0.3, -0.25) is 0 Å². The molecule has 0 radical (unpaired) electrons. The second kappa shape index (κ2) is 3.42. The van der Waals surface area contributed by atoms with Crippen molar-refractivity contribution >= 4 is 0 Å². The number of hydrogen-bond acceptors (Lipinski definition) is 3. The van der Waals surface area contributed by atoms with E-state index in [4.69, 9.17) is 9.47 Å². The Labute approximate surface area is 89.4 Å². The Morgan fingerprint density at radius 1 is 1.27 bits per heavy atom. The molecule has 0 amide bonds. The van der Waals surface area contributed by atoms with Crippen molar-refractivity contribution in [3.63, 3.8) is 0 Å². The van der Waals surface area contributed by atoms with Gasteiger partial charge in [-0.2, -0.15) is 0 Å². The van der Waals surface area contributed by atoms with Crippen LogP contribution < -0.4 is 14.8 Å². The van der Waals surface area contributed by atoms with Crippen molar-refractivity contribution in [1.82, 2.24) is 5.32 Å². The number of para-hydroxylation sites is 1. The fourth-order valence-corrected chi connectivity index (χ4v) is 2.25. The summed E-state index contributed by atoms with van der Waals surface area (Å²) in [6.07, 6.45) is 1.20. The van der Waals surface area contributed by atoms with E-state index >= 15 is 0 Å². The standard InChI is InChI=1S/C12H15NO2/c1-13-10-7-9(10)8-3-2-4-11-12(8)15-6-5-14-11/h2-4,9-10,13H,5-7H2,1H3/t9-,10+/m0/s1. The Hall–Kier alpha value is -1.22. The highest BCUT2D eigenvalue weighted by molar-refractivity contribution is 5.51. The van der Waals surface area contributed by atoms with E-state index < -0.39 is 0 Å². The molecule has 2 aliphatic rings. The lowest BCUT2D eigenvalue weighted by atomic mass is 10.1. The van der Waals surface area contributed by atoms with Gasteiger partial charge in [-0.05, 0) is 19.5 Å². The summed E-state index contributed by atoms with van der Waals surface area (Å²) >= 11 is 0. The molecule has 0 bridgehead atoms. The van der Waals surface area contributed by atoms with Gasteiger partial charge >= 0.3 is 0 Å². The lowest BCUT2D eigenvalue weighted by Gasteiger charge is -2.21. The van der Waals surface area contributed by atoms with Crippen molar-refractivity contribution in [3.8, 4) is 11.5 Å². The second-order valence-corrected chi connectivity index (χ2v) is 4.11. The summed E-state index contributed by atoms with van der Waals surface area (Å²) in [7, 11) is 2.01. The van der Waals surface area contributed by atoms with Gasteiger partial charge in [0.05, 0.1) is 0 Å². The van der Waals surface area contributed by atoms with E-state index in [1.807, 2.05) is 19.2 Å². The number of nitrogens with one attached hydrogen (secondary N) is 1. The lowest BCUT2D eigenvalue weighted by Crippen LogP contribution is -2.17. The van der Waals surface area contributed by atoms with Gasteiger partial charge in [-0.15, -0.1) is 0 Å². The Morgan fingerprint density at radius 2 is 2.13 bits per heavy atom. The summed E-state index contributed by atoms with van der Waals surface area (Å²) in [6, 6.07) is 6.79. The summed E-state index contributed by atoms with van der Waals surface area (Å²) in [4.78, 5) is 0. The van der Waals surface area contributed by atoms with Gasteiger partial charge in [0.1, 0.15) is 13.2 Å². The maximum absolute atomic E-state index is 5.70. The summed E-state index contributed by atoms with van der Waals surface area (Å²) in [6.45, 7) is 1.33. The first-order valence-corrected chi connectivity index (χ1v) is 5.46. The average molecular weight is 205 g/mol. The largest absolute Gasteiger partial charge is 0.486 e. The molecule has 3 rings (SSSR count). The van der Waals surface area contributed by atoms with E-state index in [9.17, 15) is 0 Å². The fourth-order valence-electron chi connectivity index (χ4n) is 2.25. The Morgan fingerprint density at radius 3 is 2.93 bits per heavy atom. The van der Waals surface area contributed by atoms with E-state index in [-0.39, 0.29) is 0 Å². The molecule has 0 unspecified atom stereocenters. The monoisotopic (exact) mass is 205 g/mol. The number of ether oxygens (including phenoxy) is 2. The first-order valence-electron chi connectivity index (χ1n) is 5.46. The van der Waals surface area contributed by atoms with Crippen LogP contribution in [0.4, 0.5) is 0 Å². The minimum Gasteiger partial charge on any atom is -0.486 e. The van der Waals surface area contributed by atoms with Gasteiger partial charge in [0.2, 0.25) is 0 Å². The van der Waals surface area contributed by atoms with Crippen LogP contribution in [0, 0.1) is 0 Å². The van der Waals surface area contributed by atoms with Crippen LogP contribution in [-0.2, 0) is 0 Å². The number of likely N-dealkylation sites (N-methyl/N-ethyl adjacent to an activating group) is 1. The molecule has 1 aromatic carbocycles. The lowest BCUT2D eigenvalue weighted by molar-refractivity contribution is 0.170. The molecule has 1 fully saturated rings. The molecule has 1 saturated carbocycles. The minimum absolute atomic E-state index is 0.603. The predicted molar refractivity (Wildman–Crippen MR) is 57.6 cm³/mol. The Bertz CT molecular complexity index is 378. The molecule has 1 heterocycles. The zero-order valence-corrected chi connectivity index (χ0v) is 8.82. The number of fused-ring (bicyclic) bond motifs is 1. The van der Waals surface area contributed by atoms with E-state index in [2.05, 4.69) is 11.4 Å². The highest BCUT2D eigenvalue weighted by Gasteiger charge is 2.39. The third kappa shape index (κ3) is 1.47. The van der Waals surface area contributed by atoms with Crippen LogP contribution in [0.5, 0.6) is 11.5 Å².